The molecule has 2 bridgehead atoms. The molecule has 7 atom stereocenters. The Morgan fingerprint density at radius 1 is 0.919 bits per heavy atom. The molecule has 2 aliphatic heterocycles. The molecule has 2 saturated heterocycles. The maximum absolute atomic E-state index is 13.4. The van der Waals surface area contributed by atoms with Crippen LogP contribution in [0.1, 0.15) is 24.0 Å². The number of hydrogen-bond acceptors (Lipinski definition) is 5. The van der Waals surface area contributed by atoms with E-state index in [-0.39, 0.29) is 60.1 Å². The van der Waals surface area contributed by atoms with Crippen LogP contribution in [0.25, 0.3) is 0 Å². The molecular weight excluding hydrogens is 468 g/mol. The second-order valence-electron chi connectivity index (χ2n) is 11.3. The summed E-state index contributed by atoms with van der Waals surface area (Å²) < 4.78 is 5.67. The van der Waals surface area contributed by atoms with E-state index in [9.17, 15) is 19.2 Å². The smallest absolute Gasteiger partial charge is 0.316 e. The van der Waals surface area contributed by atoms with Crippen molar-refractivity contribution in [2.45, 2.75) is 26.7 Å². The van der Waals surface area contributed by atoms with E-state index in [0.29, 0.717) is 17.5 Å². The van der Waals surface area contributed by atoms with E-state index in [4.69, 9.17) is 4.74 Å². The third kappa shape index (κ3) is 3.32. The quantitative estimate of drug-likeness (QED) is 0.278. The lowest BCUT2D eigenvalue weighted by Crippen LogP contribution is -2.40. The summed E-state index contributed by atoms with van der Waals surface area (Å²) in [6, 6.07) is 12.5. The highest BCUT2D eigenvalue weighted by Gasteiger charge is 2.67. The van der Waals surface area contributed by atoms with Crippen LogP contribution in [0.2, 0.25) is 0 Å². The summed E-state index contributed by atoms with van der Waals surface area (Å²) in [5.74, 6) is -0.393. The van der Waals surface area contributed by atoms with Gasteiger partial charge in [-0.3, -0.25) is 19.2 Å². The minimum atomic E-state index is -0.595. The van der Waals surface area contributed by atoms with Crippen molar-refractivity contribution in [1.29, 1.82) is 0 Å². The van der Waals surface area contributed by atoms with Crippen molar-refractivity contribution in [3.05, 3.63) is 65.7 Å². The zero-order valence-electron chi connectivity index (χ0n) is 20.8. The number of anilines is 2. The summed E-state index contributed by atoms with van der Waals surface area (Å²) in [7, 11) is 0. The van der Waals surface area contributed by atoms with Crippen molar-refractivity contribution in [3.8, 4) is 5.75 Å². The van der Waals surface area contributed by atoms with E-state index in [1.165, 1.54) is 4.90 Å². The summed E-state index contributed by atoms with van der Waals surface area (Å²) in [6.45, 7) is 4.17. The third-order valence-corrected chi connectivity index (χ3v) is 9.07. The molecule has 4 aliphatic carbocycles. The second kappa shape index (κ2) is 7.88. The number of carbonyl (C=O) groups excluding carboxylic acids is 4. The Hall–Kier alpha value is -3.74. The van der Waals surface area contributed by atoms with Gasteiger partial charge >= 0.3 is 5.97 Å². The van der Waals surface area contributed by atoms with E-state index < -0.39 is 11.9 Å². The fourth-order valence-corrected chi connectivity index (χ4v) is 7.21. The Balaban J connectivity index is 1.08. The van der Waals surface area contributed by atoms with Crippen LogP contribution in [0, 0.1) is 55.3 Å². The first-order valence-electron chi connectivity index (χ1n) is 13.1. The largest absolute Gasteiger partial charge is 0.426 e. The lowest BCUT2D eigenvalue weighted by Gasteiger charge is -2.37. The first kappa shape index (κ1) is 22.5. The van der Waals surface area contributed by atoms with Gasteiger partial charge in [-0.15, -0.1) is 0 Å². The summed E-state index contributed by atoms with van der Waals surface area (Å²) in [4.78, 5) is 55.6. The molecule has 188 valence electrons. The lowest BCUT2D eigenvalue weighted by molar-refractivity contribution is -0.139. The van der Waals surface area contributed by atoms with Crippen LogP contribution < -0.4 is 14.5 Å². The predicted octanol–water partition coefficient (Wildman–Crippen LogP) is 3.82. The van der Waals surface area contributed by atoms with E-state index in [1.54, 1.807) is 29.2 Å². The van der Waals surface area contributed by atoms with Gasteiger partial charge in [-0.1, -0.05) is 30.4 Å². The molecule has 3 amide bonds. The second-order valence-corrected chi connectivity index (χ2v) is 11.3. The molecule has 2 aromatic rings. The molecule has 2 heterocycles. The number of ether oxygens (including phenoxy) is 1. The van der Waals surface area contributed by atoms with Gasteiger partial charge in [-0.2, -0.15) is 0 Å². The minimum absolute atomic E-state index is 0.0798. The van der Waals surface area contributed by atoms with Gasteiger partial charge in [0.25, 0.3) is 0 Å². The number of aryl methyl sites for hydroxylation is 2. The van der Waals surface area contributed by atoms with E-state index >= 15 is 0 Å². The summed E-state index contributed by atoms with van der Waals surface area (Å²) in [5.41, 5.74) is 3.27. The maximum Gasteiger partial charge on any atom is 0.316 e. The maximum atomic E-state index is 13.4. The molecule has 0 aromatic heterocycles. The van der Waals surface area contributed by atoms with Crippen molar-refractivity contribution in [3.63, 3.8) is 0 Å². The molecule has 37 heavy (non-hydrogen) atoms. The van der Waals surface area contributed by atoms with Crippen LogP contribution >= 0.6 is 0 Å². The highest BCUT2D eigenvalue weighted by atomic mass is 16.5. The monoisotopic (exact) mass is 496 g/mol. The molecule has 0 N–H and O–H groups in total. The minimum Gasteiger partial charge on any atom is -0.426 e. The molecule has 0 unspecified atom stereocenters. The summed E-state index contributed by atoms with van der Waals surface area (Å²) >= 11 is 0. The molecule has 7 heteroatoms. The normalized spacial score (nSPS) is 33.1. The standard InChI is InChI=1S/C30H28N2O5/c1-15-6-7-16(2)24(10-15)31-14-17(11-25(31)33)30(36)37-19-5-3-4-18(12-19)32-28(34)26-20-8-9-21(23-13-22(20)23)27(26)29(32)35/h3-10,12,17,20-23,26-27H,11,13-14H2,1-2H3/t17-,20+,21+,22-,23+,26-,27-/m1/s1. The fraction of sp³-hybridized carbons (Fsp3) is 0.400. The van der Waals surface area contributed by atoms with Crippen LogP contribution in [-0.2, 0) is 19.2 Å². The Labute approximate surface area is 215 Å². The first-order valence-corrected chi connectivity index (χ1v) is 13.1. The highest BCUT2D eigenvalue weighted by molar-refractivity contribution is 6.22. The van der Waals surface area contributed by atoms with Crippen LogP contribution in [0.5, 0.6) is 5.75 Å². The van der Waals surface area contributed by atoms with Gasteiger partial charge in [-0.05, 0) is 73.3 Å². The molecular formula is C30H28N2O5. The van der Waals surface area contributed by atoms with Gasteiger partial charge in [0.1, 0.15) is 5.75 Å². The van der Waals surface area contributed by atoms with Crippen LogP contribution in [-0.4, -0.2) is 30.2 Å². The van der Waals surface area contributed by atoms with Gasteiger partial charge < -0.3 is 9.64 Å². The Bertz CT molecular complexity index is 1380. The Kier molecular flexibility index (Phi) is 4.78. The SMILES string of the molecule is Cc1ccc(C)c(N2C[C@H](C(=O)Oc3cccc(N4C(=O)[C@@H]5[C@H]6C=C[C@@H]([C@@H]7C[C@H]67)[C@H]5C4=O)c3)CC2=O)c1. The van der Waals surface area contributed by atoms with Crippen molar-refractivity contribution in [2.24, 2.45) is 41.4 Å². The predicted molar refractivity (Wildman–Crippen MR) is 136 cm³/mol. The number of amides is 3. The van der Waals surface area contributed by atoms with E-state index in [0.717, 1.165) is 23.2 Å². The Morgan fingerprint density at radius 3 is 2.32 bits per heavy atom. The average Bonchev–Trinajstić information content (AvgIpc) is 3.56. The summed E-state index contributed by atoms with van der Waals surface area (Å²) in [5, 5.41) is 0. The first-order chi connectivity index (χ1) is 17.8. The highest BCUT2D eigenvalue weighted by Crippen LogP contribution is 2.65. The number of allylic oxidation sites excluding steroid dienone is 2. The molecule has 6 aliphatic rings. The van der Waals surface area contributed by atoms with Gasteiger partial charge in [0.2, 0.25) is 17.7 Å². The zero-order valence-corrected chi connectivity index (χ0v) is 20.8. The molecule has 4 fully saturated rings. The Morgan fingerprint density at radius 2 is 1.62 bits per heavy atom. The van der Waals surface area contributed by atoms with Gasteiger partial charge in [0, 0.05) is 24.7 Å². The zero-order chi connectivity index (χ0) is 25.6. The van der Waals surface area contributed by atoms with Gasteiger partial charge in [0.15, 0.2) is 0 Å². The third-order valence-electron chi connectivity index (χ3n) is 9.07. The number of esters is 1. The molecule has 0 radical (unpaired) electrons. The van der Waals surface area contributed by atoms with Gasteiger partial charge in [-0.25, -0.2) is 4.90 Å². The van der Waals surface area contributed by atoms with Crippen LogP contribution in [0.4, 0.5) is 11.4 Å². The van der Waals surface area contributed by atoms with Crippen LogP contribution in [0.15, 0.2) is 54.6 Å². The van der Waals surface area contributed by atoms with Crippen molar-refractivity contribution >= 4 is 35.1 Å². The number of nitrogens with zero attached hydrogens (tertiary/aromatic N) is 2. The molecule has 0 spiro atoms. The number of imide groups is 1. The lowest BCUT2D eigenvalue weighted by atomic mass is 9.63. The average molecular weight is 497 g/mol. The van der Waals surface area contributed by atoms with Crippen molar-refractivity contribution < 1.29 is 23.9 Å². The van der Waals surface area contributed by atoms with E-state index in [1.807, 2.05) is 32.0 Å². The van der Waals surface area contributed by atoms with Gasteiger partial charge in [0.05, 0.1) is 23.4 Å². The number of hydrogen-bond donors (Lipinski definition) is 0. The summed E-state index contributed by atoms with van der Waals surface area (Å²) in [6.07, 6.45) is 5.50. The number of rotatable bonds is 4. The van der Waals surface area contributed by atoms with Crippen molar-refractivity contribution in [1.82, 2.24) is 0 Å². The fourth-order valence-electron chi connectivity index (χ4n) is 7.21. The molecule has 8 rings (SSSR count). The number of carbonyl (C=O) groups is 4. The number of benzene rings is 2. The van der Waals surface area contributed by atoms with Crippen LogP contribution in [0.3, 0.4) is 0 Å². The molecule has 7 nitrogen and oxygen atoms in total. The molecule has 2 aromatic carbocycles. The molecule has 2 saturated carbocycles. The van der Waals surface area contributed by atoms with Crippen molar-refractivity contribution in [2.75, 3.05) is 16.3 Å². The van der Waals surface area contributed by atoms with E-state index in [2.05, 4.69) is 12.2 Å². The topological polar surface area (TPSA) is 84.0 Å².